The number of benzene rings is 6. The Bertz CT molecular complexity index is 1670. The molecule has 0 bridgehead atoms. The molecule has 4 N–H and O–H groups in total. The molecule has 32 heavy (non-hydrogen) atoms. The molecule has 0 fully saturated rings. The maximum absolute atomic E-state index is 15.1. The first-order valence-electron chi connectivity index (χ1n) is 10.3. The van der Waals surface area contributed by atoms with E-state index < -0.39 is 5.82 Å². The van der Waals surface area contributed by atoms with E-state index in [4.69, 9.17) is 11.5 Å². The highest BCUT2D eigenvalue weighted by molar-refractivity contribution is 6.31. The van der Waals surface area contributed by atoms with Crippen LogP contribution >= 0.6 is 0 Å². The highest BCUT2D eigenvalue weighted by Crippen LogP contribution is 2.49. The van der Waals surface area contributed by atoms with Crippen LogP contribution in [0.4, 0.5) is 20.2 Å². The van der Waals surface area contributed by atoms with Gasteiger partial charge in [-0.15, -0.1) is 0 Å². The van der Waals surface area contributed by atoms with Gasteiger partial charge in [0.25, 0.3) is 0 Å². The fourth-order valence-electron chi connectivity index (χ4n) is 4.90. The van der Waals surface area contributed by atoms with Crippen LogP contribution in [0, 0.1) is 11.6 Å². The Balaban J connectivity index is 1.93. The molecule has 0 radical (unpaired) electrons. The molecule has 0 aliphatic carbocycles. The molecule has 0 atom stereocenters. The molecule has 6 aromatic rings. The first-order chi connectivity index (χ1) is 15.6. The van der Waals surface area contributed by atoms with Crippen molar-refractivity contribution in [2.24, 2.45) is 0 Å². The van der Waals surface area contributed by atoms with Gasteiger partial charge in [0, 0.05) is 49.8 Å². The lowest BCUT2D eigenvalue weighted by molar-refractivity contribution is 0.629. The zero-order valence-electron chi connectivity index (χ0n) is 17.0. The van der Waals surface area contributed by atoms with E-state index in [9.17, 15) is 0 Å². The van der Waals surface area contributed by atoms with E-state index in [1.165, 1.54) is 12.1 Å². The number of halogens is 2. The Hall–Kier alpha value is -4.18. The van der Waals surface area contributed by atoms with Crippen molar-refractivity contribution in [3.05, 3.63) is 96.6 Å². The van der Waals surface area contributed by atoms with Crippen molar-refractivity contribution >= 4 is 43.7 Å². The SMILES string of the molecule is Nc1ccc2ccc3c(N)c(-c4ccccc4F)c(-c4ccccc4F)c4ccc1c2c34. The summed E-state index contributed by atoms with van der Waals surface area (Å²) in [5.74, 6) is -0.798. The van der Waals surface area contributed by atoms with Crippen LogP contribution in [0.25, 0.3) is 54.6 Å². The second kappa shape index (κ2) is 6.66. The molecule has 0 aromatic heterocycles. The molecular weight excluding hydrogens is 402 g/mol. The second-order valence-electron chi connectivity index (χ2n) is 8.03. The van der Waals surface area contributed by atoms with Crippen LogP contribution < -0.4 is 11.5 Å². The molecule has 2 nitrogen and oxygen atoms in total. The molecule has 0 heterocycles. The summed E-state index contributed by atoms with van der Waals surface area (Å²) in [5, 5.41) is 5.42. The smallest absolute Gasteiger partial charge is 0.131 e. The van der Waals surface area contributed by atoms with Crippen LogP contribution in [0.1, 0.15) is 0 Å². The van der Waals surface area contributed by atoms with Gasteiger partial charge >= 0.3 is 0 Å². The van der Waals surface area contributed by atoms with Crippen molar-refractivity contribution in [2.45, 2.75) is 0 Å². The Kier molecular flexibility index (Phi) is 3.87. The van der Waals surface area contributed by atoms with Gasteiger partial charge in [-0.05, 0) is 34.4 Å². The molecule has 0 aliphatic rings. The highest BCUT2D eigenvalue weighted by Gasteiger charge is 2.24. The van der Waals surface area contributed by atoms with E-state index in [-0.39, 0.29) is 5.82 Å². The van der Waals surface area contributed by atoms with E-state index >= 15 is 8.78 Å². The summed E-state index contributed by atoms with van der Waals surface area (Å²) in [6, 6.07) is 24.7. The standard InChI is InChI=1S/C28H18F2N2/c29-21-7-3-1-5-16(21)25-19-13-12-18-23(31)14-10-15-9-11-20(26(19)24(15)18)28(32)27(25)17-6-2-4-8-22(17)30/h1-14H,31-32H2. The molecule has 0 amide bonds. The number of rotatable bonds is 2. The van der Waals surface area contributed by atoms with Crippen LogP contribution in [0.5, 0.6) is 0 Å². The van der Waals surface area contributed by atoms with Crippen molar-refractivity contribution < 1.29 is 8.78 Å². The van der Waals surface area contributed by atoms with E-state index in [1.54, 1.807) is 36.4 Å². The summed E-state index contributed by atoms with van der Waals surface area (Å²) in [6.45, 7) is 0. The Morgan fingerprint density at radius 2 is 1.06 bits per heavy atom. The number of nitrogen functional groups attached to an aromatic ring is 2. The zero-order valence-corrected chi connectivity index (χ0v) is 17.0. The quantitative estimate of drug-likeness (QED) is 0.227. The summed E-state index contributed by atoms with van der Waals surface area (Å²) >= 11 is 0. The van der Waals surface area contributed by atoms with Crippen LogP contribution in [0.3, 0.4) is 0 Å². The lowest BCUT2D eigenvalue weighted by Crippen LogP contribution is -2.01. The maximum atomic E-state index is 15.1. The minimum atomic E-state index is -0.408. The molecule has 0 spiro atoms. The van der Waals surface area contributed by atoms with E-state index in [2.05, 4.69) is 0 Å². The van der Waals surface area contributed by atoms with Gasteiger partial charge in [-0.3, -0.25) is 0 Å². The summed E-state index contributed by atoms with van der Waals surface area (Å²) in [4.78, 5) is 0. The fourth-order valence-corrected chi connectivity index (χ4v) is 4.90. The van der Waals surface area contributed by atoms with Gasteiger partial charge < -0.3 is 11.5 Å². The predicted molar refractivity (Wildman–Crippen MR) is 130 cm³/mol. The number of hydrogen-bond acceptors (Lipinski definition) is 2. The molecule has 154 valence electrons. The number of nitrogens with two attached hydrogens (primary N) is 2. The van der Waals surface area contributed by atoms with Crippen LogP contribution in [0.15, 0.2) is 84.9 Å². The Morgan fingerprint density at radius 3 is 1.75 bits per heavy atom. The lowest BCUT2D eigenvalue weighted by atomic mass is 9.83. The maximum Gasteiger partial charge on any atom is 0.131 e. The van der Waals surface area contributed by atoms with Crippen molar-refractivity contribution in [2.75, 3.05) is 11.5 Å². The molecular formula is C28H18F2N2. The lowest BCUT2D eigenvalue weighted by Gasteiger charge is -2.22. The van der Waals surface area contributed by atoms with Crippen molar-refractivity contribution in [1.82, 2.24) is 0 Å². The molecule has 0 saturated heterocycles. The van der Waals surface area contributed by atoms with Crippen LogP contribution in [-0.4, -0.2) is 0 Å². The summed E-state index contributed by atoms with van der Waals surface area (Å²) < 4.78 is 30.2. The third-order valence-corrected chi connectivity index (χ3v) is 6.31. The van der Waals surface area contributed by atoms with Gasteiger partial charge in [-0.1, -0.05) is 66.7 Å². The first-order valence-corrected chi connectivity index (χ1v) is 10.3. The zero-order chi connectivity index (χ0) is 22.0. The summed E-state index contributed by atoms with van der Waals surface area (Å²) in [6.07, 6.45) is 0. The molecule has 6 aromatic carbocycles. The first kappa shape index (κ1) is 18.6. The minimum Gasteiger partial charge on any atom is -0.398 e. The molecule has 6 rings (SSSR count). The third-order valence-electron chi connectivity index (χ3n) is 6.31. The molecule has 0 aliphatic heterocycles. The van der Waals surface area contributed by atoms with Crippen molar-refractivity contribution in [3.63, 3.8) is 0 Å². The van der Waals surface area contributed by atoms with E-state index in [0.29, 0.717) is 33.6 Å². The fraction of sp³-hybridized carbons (Fsp3) is 0. The van der Waals surface area contributed by atoms with E-state index in [1.807, 2.05) is 36.4 Å². The van der Waals surface area contributed by atoms with Crippen molar-refractivity contribution in [3.8, 4) is 22.3 Å². The topological polar surface area (TPSA) is 52.0 Å². The molecule has 0 saturated carbocycles. The molecule has 4 heteroatoms. The van der Waals surface area contributed by atoms with Crippen LogP contribution in [-0.2, 0) is 0 Å². The highest BCUT2D eigenvalue weighted by atomic mass is 19.1. The van der Waals surface area contributed by atoms with E-state index in [0.717, 1.165) is 32.3 Å². The van der Waals surface area contributed by atoms with Gasteiger partial charge in [0.15, 0.2) is 0 Å². The van der Waals surface area contributed by atoms with Crippen molar-refractivity contribution in [1.29, 1.82) is 0 Å². The van der Waals surface area contributed by atoms with Gasteiger partial charge in [0.1, 0.15) is 11.6 Å². The Labute approximate surface area is 183 Å². The summed E-state index contributed by atoms with van der Waals surface area (Å²) in [7, 11) is 0. The summed E-state index contributed by atoms with van der Waals surface area (Å²) in [5.41, 5.74) is 15.9. The monoisotopic (exact) mass is 420 g/mol. The average molecular weight is 420 g/mol. The molecule has 0 unspecified atom stereocenters. The normalized spacial score (nSPS) is 11.7. The number of hydrogen-bond donors (Lipinski definition) is 2. The Morgan fingerprint density at radius 1 is 0.500 bits per heavy atom. The minimum absolute atomic E-state index is 0.341. The average Bonchev–Trinajstić information content (AvgIpc) is 2.81. The van der Waals surface area contributed by atoms with Gasteiger partial charge in [-0.2, -0.15) is 0 Å². The number of anilines is 2. The second-order valence-corrected chi connectivity index (χ2v) is 8.03. The van der Waals surface area contributed by atoms with Crippen LogP contribution in [0.2, 0.25) is 0 Å². The largest absolute Gasteiger partial charge is 0.398 e. The van der Waals surface area contributed by atoms with Gasteiger partial charge in [0.2, 0.25) is 0 Å². The van der Waals surface area contributed by atoms with Gasteiger partial charge in [0.05, 0.1) is 0 Å². The predicted octanol–water partition coefficient (Wildman–Crippen LogP) is 7.36. The van der Waals surface area contributed by atoms with Gasteiger partial charge in [-0.25, -0.2) is 8.78 Å². The third kappa shape index (κ3) is 2.44.